The minimum absolute atomic E-state index is 0.00842. The standard InChI is InChI=1S/C16H17ClFNO3S/c1-16(2,3)10-4-6-11(7-5-10)23(21,22)19-14-8-12(17)15(20)9-13(14)18/h4-9,19-20H,1-3H3. The number of rotatable bonds is 3. The molecule has 0 saturated carbocycles. The van der Waals surface area contributed by atoms with Gasteiger partial charge in [0, 0.05) is 6.07 Å². The van der Waals surface area contributed by atoms with E-state index in [-0.39, 0.29) is 21.0 Å². The lowest BCUT2D eigenvalue weighted by Gasteiger charge is -2.19. The summed E-state index contributed by atoms with van der Waals surface area (Å²) in [6, 6.07) is 8.13. The summed E-state index contributed by atoms with van der Waals surface area (Å²) in [6.07, 6.45) is 0. The highest BCUT2D eigenvalue weighted by Crippen LogP contribution is 2.31. The number of hydrogen-bond donors (Lipinski definition) is 2. The molecule has 0 fully saturated rings. The number of aromatic hydroxyl groups is 1. The number of benzene rings is 2. The number of nitrogens with one attached hydrogen (secondary N) is 1. The van der Waals surface area contributed by atoms with Crippen LogP contribution in [0, 0.1) is 5.82 Å². The lowest BCUT2D eigenvalue weighted by molar-refractivity contribution is 0.470. The highest BCUT2D eigenvalue weighted by Gasteiger charge is 2.19. The molecule has 4 nitrogen and oxygen atoms in total. The van der Waals surface area contributed by atoms with Crippen LogP contribution in [0.2, 0.25) is 5.02 Å². The van der Waals surface area contributed by atoms with E-state index in [1.54, 1.807) is 12.1 Å². The third kappa shape index (κ3) is 3.95. The quantitative estimate of drug-likeness (QED) is 0.805. The molecule has 2 N–H and O–H groups in total. The van der Waals surface area contributed by atoms with Crippen molar-refractivity contribution in [1.82, 2.24) is 0 Å². The van der Waals surface area contributed by atoms with Gasteiger partial charge in [-0.25, -0.2) is 12.8 Å². The molecule has 23 heavy (non-hydrogen) atoms. The molecule has 0 aliphatic heterocycles. The topological polar surface area (TPSA) is 66.4 Å². The van der Waals surface area contributed by atoms with Crippen LogP contribution >= 0.6 is 11.6 Å². The van der Waals surface area contributed by atoms with E-state index in [0.717, 1.165) is 17.7 Å². The van der Waals surface area contributed by atoms with Crippen molar-refractivity contribution in [3.05, 3.63) is 52.8 Å². The van der Waals surface area contributed by atoms with E-state index in [9.17, 15) is 17.9 Å². The van der Waals surface area contributed by atoms with E-state index in [4.69, 9.17) is 11.6 Å². The molecule has 0 unspecified atom stereocenters. The number of sulfonamides is 1. The highest BCUT2D eigenvalue weighted by molar-refractivity contribution is 7.92. The van der Waals surface area contributed by atoms with Gasteiger partial charge in [-0.2, -0.15) is 0 Å². The number of hydrogen-bond acceptors (Lipinski definition) is 3. The first-order valence-corrected chi connectivity index (χ1v) is 8.68. The first-order chi connectivity index (χ1) is 10.5. The molecule has 124 valence electrons. The molecule has 0 bridgehead atoms. The molecule has 2 aromatic carbocycles. The molecule has 0 amide bonds. The zero-order valence-electron chi connectivity index (χ0n) is 12.9. The van der Waals surface area contributed by atoms with Crippen LogP contribution in [-0.2, 0) is 15.4 Å². The van der Waals surface area contributed by atoms with Gasteiger partial charge in [0.05, 0.1) is 15.6 Å². The second-order valence-electron chi connectivity index (χ2n) is 6.16. The van der Waals surface area contributed by atoms with Crippen LogP contribution in [0.4, 0.5) is 10.1 Å². The largest absolute Gasteiger partial charge is 0.506 e. The van der Waals surface area contributed by atoms with Crippen molar-refractivity contribution in [2.45, 2.75) is 31.1 Å². The molecule has 0 heterocycles. The predicted octanol–water partition coefficient (Wildman–Crippen LogP) is 4.28. The fourth-order valence-electron chi connectivity index (χ4n) is 1.95. The van der Waals surface area contributed by atoms with Crippen LogP contribution in [0.1, 0.15) is 26.3 Å². The monoisotopic (exact) mass is 357 g/mol. The van der Waals surface area contributed by atoms with Crippen molar-refractivity contribution in [3.63, 3.8) is 0 Å². The van der Waals surface area contributed by atoms with Gasteiger partial charge in [-0.1, -0.05) is 44.5 Å². The van der Waals surface area contributed by atoms with E-state index >= 15 is 0 Å². The number of phenolic OH excluding ortho intramolecular Hbond substituents is 1. The zero-order valence-corrected chi connectivity index (χ0v) is 14.5. The zero-order chi connectivity index (χ0) is 17.4. The molecule has 2 aromatic rings. The van der Waals surface area contributed by atoms with Crippen molar-refractivity contribution in [2.24, 2.45) is 0 Å². The molecular weight excluding hydrogens is 341 g/mol. The molecule has 0 spiro atoms. The first kappa shape index (κ1) is 17.6. The number of phenols is 1. The van der Waals surface area contributed by atoms with Gasteiger partial charge in [0.25, 0.3) is 10.0 Å². The maximum Gasteiger partial charge on any atom is 0.261 e. The van der Waals surface area contributed by atoms with E-state index in [2.05, 4.69) is 4.72 Å². The number of anilines is 1. The molecule has 0 radical (unpaired) electrons. The molecule has 7 heteroatoms. The minimum atomic E-state index is -3.96. The summed E-state index contributed by atoms with van der Waals surface area (Å²) in [5, 5.41) is 9.15. The van der Waals surface area contributed by atoms with Crippen molar-refractivity contribution < 1.29 is 17.9 Å². The molecule has 0 atom stereocenters. The summed E-state index contributed by atoms with van der Waals surface area (Å²) >= 11 is 5.68. The van der Waals surface area contributed by atoms with Crippen molar-refractivity contribution >= 4 is 27.3 Å². The van der Waals surface area contributed by atoms with Gasteiger partial charge in [-0.3, -0.25) is 4.72 Å². The minimum Gasteiger partial charge on any atom is -0.506 e. The van der Waals surface area contributed by atoms with Crippen LogP contribution < -0.4 is 4.72 Å². The Bertz CT molecular complexity index is 828. The Hall–Kier alpha value is -1.79. The average Bonchev–Trinajstić information content (AvgIpc) is 2.44. The van der Waals surface area contributed by atoms with Crippen molar-refractivity contribution in [3.8, 4) is 5.75 Å². The van der Waals surface area contributed by atoms with Crippen LogP contribution in [0.15, 0.2) is 41.3 Å². The average molecular weight is 358 g/mol. The van der Waals surface area contributed by atoms with Gasteiger partial charge in [0.1, 0.15) is 5.75 Å². The summed E-state index contributed by atoms with van der Waals surface area (Å²) in [7, 11) is -3.96. The Balaban J connectivity index is 2.34. The summed E-state index contributed by atoms with van der Waals surface area (Å²) in [5.74, 6) is -1.37. The van der Waals surface area contributed by atoms with Crippen LogP contribution in [-0.4, -0.2) is 13.5 Å². The Morgan fingerprint density at radius 2 is 1.70 bits per heavy atom. The van der Waals surface area contributed by atoms with E-state index < -0.39 is 21.6 Å². The molecule has 0 aliphatic carbocycles. The third-order valence-electron chi connectivity index (χ3n) is 3.31. The molecule has 0 aromatic heterocycles. The van der Waals surface area contributed by atoms with Crippen molar-refractivity contribution in [1.29, 1.82) is 0 Å². The number of halogens is 2. The summed E-state index contributed by atoms with van der Waals surface area (Å²) in [4.78, 5) is 0.00842. The Labute approximate surface area is 140 Å². The van der Waals surface area contributed by atoms with Gasteiger partial charge in [0.15, 0.2) is 5.82 Å². The van der Waals surface area contributed by atoms with Gasteiger partial charge in [0.2, 0.25) is 0 Å². The fourth-order valence-corrected chi connectivity index (χ4v) is 3.17. The highest BCUT2D eigenvalue weighted by atomic mass is 35.5. The SMILES string of the molecule is CC(C)(C)c1ccc(S(=O)(=O)Nc2cc(Cl)c(O)cc2F)cc1. The summed E-state index contributed by atoms with van der Waals surface area (Å²) in [5.41, 5.74) is 0.551. The molecule has 2 rings (SSSR count). The maximum absolute atomic E-state index is 13.8. The van der Waals surface area contributed by atoms with Gasteiger partial charge in [-0.15, -0.1) is 0 Å². The van der Waals surface area contributed by atoms with Crippen LogP contribution in [0.25, 0.3) is 0 Å². The maximum atomic E-state index is 13.8. The van der Waals surface area contributed by atoms with Crippen LogP contribution in [0.5, 0.6) is 5.75 Å². The van der Waals surface area contributed by atoms with Crippen LogP contribution in [0.3, 0.4) is 0 Å². The third-order valence-corrected chi connectivity index (χ3v) is 5.00. The second-order valence-corrected chi connectivity index (χ2v) is 8.25. The molecular formula is C16H17ClFNO3S. The Kier molecular flexibility index (Phi) is 4.59. The van der Waals surface area contributed by atoms with E-state index in [0.29, 0.717) is 0 Å². The summed E-state index contributed by atoms with van der Waals surface area (Å²) in [6.45, 7) is 6.05. The Morgan fingerprint density at radius 3 is 2.22 bits per heavy atom. The lowest BCUT2D eigenvalue weighted by Crippen LogP contribution is -2.15. The smallest absolute Gasteiger partial charge is 0.261 e. The Morgan fingerprint density at radius 1 is 1.13 bits per heavy atom. The normalized spacial score (nSPS) is 12.2. The van der Waals surface area contributed by atoms with E-state index in [1.807, 2.05) is 20.8 Å². The predicted molar refractivity (Wildman–Crippen MR) is 89.0 cm³/mol. The molecule has 0 saturated heterocycles. The van der Waals surface area contributed by atoms with E-state index in [1.165, 1.54) is 12.1 Å². The first-order valence-electron chi connectivity index (χ1n) is 6.82. The second kappa shape index (κ2) is 6.02. The van der Waals surface area contributed by atoms with Crippen molar-refractivity contribution in [2.75, 3.05) is 4.72 Å². The lowest BCUT2D eigenvalue weighted by atomic mass is 9.87. The van der Waals surface area contributed by atoms with Gasteiger partial charge in [-0.05, 0) is 29.2 Å². The molecule has 0 aliphatic rings. The van der Waals surface area contributed by atoms with Gasteiger partial charge < -0.3 is 5.11 Å². The fraction of sp³-hybridized carbons (Fsp3) is 0.250. The van der Waals surface area contributed by atoms with Gasteiger partial charge >= 0.3 is 0 Å². The summed E-state index contributed by atoms with van der Waals surface area (Å²) < 4.78 is 40.5.